The van der Waals surface area contributed by atoms with Gasteiger partial charge in [0.05, 0.1) is 5.56 Å². The molecule has 0 saturated carbocycles. The Morgan fingerprint density at radius 2 is 1.90 bits per heavy atom. The largest absolute Gasteiger partial charge is 0.382 e. The van der Waals surface area contributed by atoms with E-state index in [9.17, 15) is 9.59 Å². The number of hydrogen-bond acceptors (Lipinski definition) is 4. The number of amides is 2. The van der Waals surface area contributed by atoms with Crippen LogP contribution in [0.4, 0.5) is 0 Å². The Morgan fingerprint density at radius 3 is 2.65 bits per heavy atom. The fourth-order valence-corrected chi connectivity index (χ4v) is 5.95. The molecule has 0 radical (unpaired) electrons. The molecular formula is C24H33N3O3S. The summed E-state index contributed by atoms with van der Waals surface area (Å²) in [4.78, 5) is 29.4. The van der Waals surface area contributed by atoms with Crippen LogP contribution >= 0.6 is 11.3 Å². The molecule has 168 valence electrons. The van der Waals surface area contributed by atoms with Gasteiger partial charge >= 0.3 is 0 Å². The van der Waals surface area contributed by atoms with Crippen molar-refractivity contribution in [3.63, 3.8) is 0 Å². The van der Waals surface area contributed by atoms with Crippen LogP contribution in [-0.2, 0) is 22.4 Å². The molecule has 1 aliphatic carbocycles. The van der Waals surface area contributed by atoms with Gasteiger partial charge in [-0.1, -0.05) is 0 Å². The third-order valence-electron chi connectivity index (χ3n) is 6.33. The second kappa shape index (κ2) is 10.5. The van der Waals surface area contributed by atoms with E-state index in [4.69, 9.17) is 4.74 Å². The predicted molar refractivity (Wildman–Crippen MR) is 123 cm³/mol. The van der Waals surface area contributed by atoms with Crippen molar-refractivity contribution >= 4 is 23.2 Å². The minimum Gasteiger partial charge on any atom is -0.382 e. The number of likely N-dealkylation sites (tertiary alicyclic amines) is 1. The molecule has 2 aromatic rings. The summed E-state index contributed by atoms with van der Waals surface area (Å²) >= 11 is 1.77. The van der Waals surface area contributed by atoms with Gasteiger partial charge in [-0.15, -0.1) is 11.3 Å². The van der Waals surface area contributed by atoms with E-state index in [0.29, 0.717) is 32.8 Å². The van der Waals surface area contributed by atoms with Crippen molar-refractivity contribution in [2.45, 2.75) is 51.9 Å². The minimum absolute atomic E-state index is 0.00328. The summed E-state index contributed by atoms with van der Waals surface area (Å²) in [5.74, 6) is 0.250. The lowest BCUT2D eigenvalue weighted by molar-refractivity contribution is -0.126. The number of hydrogen-bond donors (Lipinski definition) is 1. The van der Waals surface area contributed by atoms with E-state index in [0.717, 1.165) is 49.1 Å². The standard InChI is InChI=1S/C24H33N3O3S/c1-2-30-17-7-12-25-22(28)18-10-15-26(16-11-18)23(29)21-19-8-3-4-9-20(19)31-24(21)27-13-5-6-14-27/h5-6,13-14,18H,2-4,7-12,15-17H2,1H3,(H,25,28). The Kier molecular flexibility index (Phi) is 7.45. The molecular weight excluding hydrogens is 410 g/mol. The van der Waals surface area contributed by atoms with Crippen LogP contribution in [0.1, 0.15) is 59.8 Å². The molecule has 1 saturated heterocycles. The molecule has 7 heteroatoms. The first-order valence-corrected chi connectivity index (χ1v) is 12.4. The molecule has 1 fully saturated rings. The van der Waals surface area contributed by atoms with Crippen LogP contribution in [-0.4, -0.2) is 54.1 Å². The van der Waals surface area contributed by atoms with Crippen molar-refractivity contribution in [1.82, 2.24) is 14.8 Å². The minimum atomic E-state index is -0.00328. The number of fused-ring (bicyclic) bond motifs is 1. The molecule has 2 aliphatic rings. The maximum Gasteiger partial charge on any atom is 0.257 e. The van der Waals surface area contributed by atoms with Gasteiger partial charge in [0, 0.05) is 56.0 Å². The maximum absolute atomic E-state index is 13.6. The molecule has 0 atom stereocenters. The summed E-state index contributed by atoms with van der Waals surface area (Å²) in [6.07, 6.45) is 10.8. The van der Waals surface area contributed by atoms with Crippen LogP contribution in [0.15, 0.2) is 24.5 Å². The molecule has 0 spiro atoms. The van der Waals surface area contributed by atoms with Crippen LogP contribution in [0.3, 0.4) is 0 Å². The fourth-order valence-electron chi connectivity index (χ4n) is 4.60. The molecule has 6 nitrogen and oxygen atoms in total. The third-order valence-corrected chi connectivity index (χ3v) is 7.63. The van der Waals surface area contributed by atoms with Gasteiger partial charge in [-0.3, -0.25) is 9.59 Å². The van der Waals surface area contributed by atoms with E-state index in [1.807, 2.05) is 36.4 Å². The average molecular weight is 444 g/mol. The number of rotatable bonds is 8. The Bertz CT molecular complexity index is 882. The lowest BCUT2D eigenvalue weighted by atomic mass is 9.93. The Morgan fingerprint density at radius 1 is 1.16 bits per heavy atom. The van der Waals surface area contributed by atoms with E-state index >= 15 is 0 Å². The van der Waals surface area contributed by atoms with Gasteiger partial charge in [-0.2, -0.15) is 0 Å². The maximum atomic E-state index is 13.6. The first kappa shape index (κ1) is 22.1. The van der Waals surface area contributed by atoms with Crippen LogP contribution in [0.2, 0.25) is 0 Å². The van der Waals surface area contributed by atoms with Crippen LogP contribution in [0.25, 0.3) is 5.00 Å². The highest BCUT2D eigenvalue weighted by molar-refractivity contribution is 7.15. The number of aromatic nitrogens is 1. The summed E-state index contributed by atoms with van der Waals surface area (Å²) in [5, 5.41) is 4.08. The van der Waals surface area contributed by atoms with Crippen molar-refractivity contribution < 1.29 is 14.3 Å². The second-order valence-electron chi connectivity index (χ2n) is 8.39. The predicted octanol–water partition coefficient (Wildman–Crippen LogP) is 3.81. The summed E-state index contributed by atoms with van der Waals surface area (Å²) in [5.41, 5.74) is 2.16. The van der Waals surface area contributed by atoms with Crippen LogP contribution in [0, 0.1) is 5.92 Å². The van der Waals surface area contributed by atoms with E-state index < -0.39 is 0 Å². The van der Waals surface area contributed by atoms with E-state index in [-0.39, 0.29) is 17.7 Å². The fraction of sp³-hybridized carbons (Fsp3) is 0.583. The molecule has 0 unspecified atom stereocenters. The van der Waals surface area contributed by atoms with E-state index in [2.05, 4.69) is 9.88 Å². The van der Waals surface area contributed by atoms with Gasteiger partial charge in [0.1, 0.15) is 5.00 Å². The van der Waals surface area contributed by atoms with Gasteiger partial charge < -0.3 is 19.5 Å². The summed E-state index contributed by atoms with van der Waals surface area (Å²) in [6.45, 7) is 5.30. The van der Waals surface area contributed by atoms with Crippen LogP contribution in [0.5, 0.6) is 0 Å². The Labute approximate surface area is 188 Å². The number of nitrogens with zero attached hydrogens (tertiary/aromatic N) is 2. The van der Waals surface area contributed by atoms with E-state index in [1.165, 1.54) is 16.9 Å². The molecule has 31 heavy (non-hydrogen) atoms. The van der Waals surface area contributed by atoms with Crippen molar-refractivity contribution in [3.05, 3.63) is 40.5 Å². The van der Waals surface area contributed by atoms with Crippen molar-refractivity contribution in [3.8, 4) is 5.00 Å². The normalized spacial score (nSPS) is 16.9. The van der Waals surface area contributed by atoms with Gasteiger partial charge in [-0.05, 0) is 69.6 Å². The molecule has 3 heterocycles. The van der Waals surface area contributed by atoms with Crippen molar-refractivity contribution in [2.24, 2.45) is 5.92 Å². The summed E-state index contributed by atoms with van der Waals surface area (Å²) in [7, 11) is 0. The van der Waals surface area contributed by atoms with Gasteiger partial charge in [0.2, 0.25) is 5.91 Å². The highest BCUT2D eigenvalue weighted by Gasteiger charge is 2.32. The van der Waals surface area contributed by atoms with Crippen molar-refractivity contribution in [2.75, 3.05) is 32.8 Å². The monoisotopic (exact) mass is 443 g/mol. The SMILES string of the molecule is CCOCCCNC(=O)C1CCN(C(=O)c2c(-n3cccc3)sc3c2CCCC3)CC1. The smallest absolute Gasteiger partial charge is 0.257 e. The number of piperidine rings is 1. The zero-order valence-electron chi connectivity index (χ0n) is 18.4. The number of carbonyl (C=O) groups is 2. The topological polar surface area (TPSA) is 63.6 Å². The average Bonchev–Trinajstić information content (AvgIpc) is 3.46. The third kappa shape index (κ3) is 5.04. The number of carbonyl (C=O) groups excluding carboxylic acids is 2. The number of aryl methyl sites for hydroxylation is 1. The van der Waals surface area contributed by atoms with Crippen LogP contribution < -0.4 is 5.32 Å². The molecule has 2 aromatic heterocycles. The lowest BCUT2D eigenvalue weighted by Crippen LogP contribution is -2.43. The molecule has 4 rings (SSSR count). The number of thiophene rings is 1. The molecule has 0 aromatic carbocycles. The molecule has 1 aliphatic heterocycles. The zero-order chi connectivity index (χ0) is 21.6. The Hall–Kier alpha value is -2.12. The first-order valence-electron chi connectivity index (χ1n) is 11.6. The van der Waals surface area contributed by atoms with Gasteiger partial charge in [-0.25, -0.2) is 0 Å². The van der Waals surface area contributed by atoms with E-state index in [1.54, 1.807) is 11.3 Å². The van der Waals surface area contributed by atoms with Gasteiger partial charge in [0.15, 0.2) is 0 Å². The summed E-state index contributed by atoms with van der Waals surface area (Å²) in [6, 6.07) is 4.01. The first-order chi connectivity index (χ1) is 15.2. The quantitative estimate of drug-likeness (QED) is 0.631. The number of ether oxygens (including phenoxy) is 1. The lowest BCUT2D eigenvalue weighted by Gasteiger charge is -2.32. The highest BCUT2D eigenvalue weighted by atomic mass is 32.1. The zero-order valence-corrected chi connectivity index (χ0v) is 19.2. The molecule has 2 amide bonds. The second-order valence-corrected chi connectivity index (χ2v) is 9.47. The van der Waals surface area contributed by atoms with Gasteiger partial charge in [0.25, 0.3) is 5.91 Å². The Balaban J connectivity index is 1.39. The molecule has 1 N–H and O–H groups in total. The summed E-state index contributed by atoms with van der Waals surface area (Å²) < 4.78 is 7.40. The molecule has 0 bridgehead atoms. The van der Waals surface area contributed by atoms with Crippen molar-refractivity contribution in [1.29, 1.82) is 0 Å². The number of nitrogens with one attached hydrogen (secondary N) is 1. The highest BCUT2D eigenvalue weighted by Crippen LogP contribution is 2.38.